The van der Waals surface area contributed by atoms with Crippen LogP contribution in [0.3, 0.4) is 0 Å². The molecule has 1 fully saturated rings. The van der Waals surface area contributed by atoms with E-state index in [4.69, 9.17) is 35.4 Å². The van der Waals surface area contributed by atoms with Gasteiger partial charge in [0, 0.05) is 0 Å². The molecule has 0 spiro atoms. The van der Waals surface area contributed by atoms with Crippen LogP contribution >= 0.6 is 0 Å². The van der Waals surface area contributed by atoms with Gasteiger partial charge in [-0.1, -0.05) is 27.7 Å². The number of rotatable bonds is 12. The molecule has 12 heteroatoms. The SMILES string of the molecule is CC[Si]1(COC(C)(C)C)O[Si](CC)(COC(C)(C)C)O[Si](CC)(COC(C)(C)C)O[Si](CC)(COC(C)(C)C)O1. The van der Waals surface area contributed by atoms with Gasteiger partial charge in [0.25, 0.3) is 0 Å². The van der Waals surface area contributed by atoms with Crippen LogP contribution in [0.15, 0.2) is 0 Å². The predicted octanol–water partition coefficient (Wildman–Crippen LogP) is 7.33. The van der Waals surface area contributed by atoms with E-state index in [1.165, 1.54) is 0 Å². The molecule has 0 saturated carbocycles. The lowest BCUT2D eigenvalue weighted by molar-refractivity contribution is -0.0148. The lowest BCUT2D eigenvalue weighted by Gasteiger charge is -2.53. The van der Waals surface area contributed by atoms with E-state index in [-0.39, 0.29) is 22.4 Å². The van der Waals surface area contributed by atoms with E-state index < -0.39 is 34.2 Å². The molecule has 1 aliphatic heterocycles. The quantitative estimate of drug-likeness (QED) is 0.205. The van der Waals surface area contributed by atoms with Gasteiger partial charge in [-0.25, -0.2) is 0 Å². The van der Waals surface area contributed by atoms with Crippen LogP contribution in [0.4, 0.5) is 0 Å². The third kappa shape index (κ3) is 13.0. The first-order valence-corrected chi connectivity index (χ1v) is 24.2. The van der Waals surface area contributed by atoms with E-state index in [0.29, 0.717) is 49.1 Å². The van der Waals surface area contributed by atoms with Crippen molar-refractivity contribution in [2.24, 2.45) is 0 Å². The fourth-order valence-corrected chi connectivity index (χ4v) is 26.9. The highest BCUT2D eigenvalue weighted by Crippen LogP contribution is 2.39. The molecule has 1 heterocycles. The molecule has 1 saturated heterocycles. The summed E-state index contributed by atoms with van der Waals surface area (Å²) >= 11 is 0. The van der Waals surface area contributed by atoms with Gasteiger partial charge in [-0.15, -0.1) is 0 Å². The summed E-state index contributed by atoms with van der Waals surface area (Å²) in [5.41, 5.74) is -1.37. The average molecular weight is 641 g/mol. The number of hydrogen-bond acceptors (Lipinski definition) is 8. The second-order valence-corrected chi connectivity index (χ2v) is 29.6. The number of ether oxygens (including phenoxy) is 4. The van der Waals surface area contributed by atoms with E-state index in [1.54, 1.807) is 0 Å². The van der Waals surface area contributed by atoms with Gasteiger partial charge in [0.1, 0.15) is 0 Å². The van der Waals surface area contributed by atoms with E-state index in [1.807, 2.05) is 0 Å². The summed E-state index contributed by atoms with van der Waals surface area (Å²) in [6, 6.07) is 2.85. The Kier molecular flexibility index (Phi) is 13.6. The fourth-order valence-electron chi connectivity index (χ4n) is 3.97. The van der Waals surface area contributed by atoms with Gasteiger partial charge in [0.15, 0.2) is 0 Å². The van der Waals surface area contributed by atoms with Gasteiger partial charge in [-0.05, 0) is 107 Å². The third-order valence-corrected chi connectivity index (χ3v) is 25.1. The summed E-state index contributed by atoms with van der Waals surface area (Å²) in [6.07, 6.45) is 1.59. The van der Waals surface area contributed by atoms with Crippen LogP contribution in [0.5, 0.6) is 0 Å². The topological polar surface area (TPSA) is 73.8 Å². The van der Waals surface area contributed by atoms with Crippen molar-refractivity contribution in [2.75, 3.05) is 24.9 Å². The summed E-state index contributed by atoms with van der Waals surface area (Å²) in [4.78, 5) is 0. The lowest BCUT2D eigenvalue weighted by atomic mass is 10.2. The van der Waals surface area contributed by atoms with Crippen LogP contribution in [-0.2, 0) is 35.4 Å². The van der Waals surface area contributed by atoms with E-state index >= 15 is 0 Å². The zero-order valence-electron chi connectivity index (χ0n) is 28.9. The van der Waals surface area contributed by atoms with Crippen LogP contribution in [0.1, 0.15) is 111 Å². The van der Waals surface area contributed by atoms with Gasteiger partial charge in [0.2, 0.25) is 0 Å². The van der Waals surface area contributed by atoms with Crippen LogP contribution < -0.4 is 0 Å². The Morgan fingerprint density at radius 2 is 0.500 bits per heavy atom. The molecular weight excluding hydrogens is 577 g/mol. The Labute approximate surface area is 251 Å². The Balaban J connectivity index is 3.84. The van der Waals surface area contributed by atoms with Crippen molar-refractivity contribution >= 4 is 34.2 Å². The molecule has 0 aromatic heterocycles. The maximum absolute atomic E-state index is 7.40. The smallest absolute Gasteiger partial charge is 0.347 e. The Bertz CT molecular complexity index is 632. The summed E-state index contributed by atoms with van der Waals surface area (Å²) in [7, 11) is -12.1. The van der Waals surface area contributed by atoms with Crippen LogP contribution in [0.2, 0.25) is 24.2 Å². The fraction of sp³-hybridized carbons (Fsp3) is 1.00. The highest BCUT2D eigenvalue weighted by Gasteiger charge is 2.62. The standard InChI is InChI=1S/C28H64O8Si4/c1-17-37(21-29-25(5,6)7)33-38(18-2,22-30-26(8,9)10)35-40(20-4,24-32-28(14,15)16)36-39(19-3,34-37)23-31-27(11,12)13/h17-24H2,1-16H3. The highest BCUT2D eigenvalue weighted by atomic mass is 28.5. The van der Waals surface area contributed by atoms with E-state index in [2.05, 4.69) is 111 Å². The van der Waals surface area contributed by atoms with Gasteiger partial charge >= 0.3 is 34.2 Å². The van der Waals surface area contributed by atoms with Crippen molar-refractivity contribution in [3.63, 3.8) is 0 Å². The Morgan fingerprint density at radius 1 is 0.350 bits per heavy atom. The summed E-state index contributed by atoms with van der Waals surface area (Å²) in [5, 5.41) is 0. The molecule has 240 valence electrons. The maximum Gasteiger partial charge on any atom is 0.347 e. The Morgan fingerprint density at radius 3 is 0.600 bits per heavy atom. The van der Waals surface area contributed by atoms with Crippen molar-refractivity contribution in [1.29, 1.82) is 0 Å². The van der Waals surface area contributed by atoms with Crippen molar-refractivity contribution < 1.29 is 35.4 Å². The molecule has 0 radical (unpaired) electrons. The first kappa shape index (κ1) is 38.6. The molecule has 0 amide bonds. The maximum atomic E-state index is 7.40. The van der Waals surface area contributed by atoms with Gasteiger partial charge < -0.3 is 35.4 Å². The highest BCUT2D eigenvalue weighted by molar-refractivity contribution is 6.95. The van der Waals surface area contributed by atoms with Crippen LogP contribution in [-0.4, -0.2) is 81.6 Å². The summed E-state index contributed by atoms with van der Waals surface area (Å²) in [6.45, 7) is 33.4. The minimum atomic E-state index is -3.02. The molecule has 0 unspecified atom stereocenters. The molecular formula is C28H64O8Si4. The Hall–Kier alpha value is 0.548. The third-order valence-electron chi connectivity index (χ3n) is 6.54. The average Bonchev–Trinajstić information content (AvgIpc) is 2.80. The molecule has 8 nitrogen and oxygen atoms in total. The predicted molar refractivity (Wildman–Crippen MR) is 172 cm³/mol. The van der Waals surface area contributed by atoms with Crippen molar-refractivity contribution in [3.05, 3.63) is 0 Å². The number of hydrogen-bond donors (Lipinski definition) is 0. The van der Waals surface area contributed by atoms with Gasteiger partial charge in [-0.3, -0.25) is 0 Å². The summed E-state index contributed by atoms with van der Waals surface area (Å²) in [5.74, 6) is 0. The second-order valence-electron chi connectivity index (χ2n) is 15.1. The largest absolute Gasteiger partial charge is 0.413 e. The molecule has 0 aromatic carbocycles. The summed E-state index contributed by atoms with van der Waals surface area (Å²) < 4.78 is 55.4. The van der Waals surface area contributed by atoms with Crippen molar-refractivity contribution in [1.82, 2.24) is 0 Å². The van der Waals surface area contributed by atoms with E-state index in [9.17, 15) is 0 Å². The molecule has 0 bridgehead atoms. The van der Waals surface area contributed by atoms with Crippen molar-refractivity contribution in [3.8, 4) is 0 Å². The lowest BCUT2D eigenvalue weighted by Crippen LogP contribution is -2.74. The first-order valence-electron chi connectivity index (χ1n) is 15.3. The molecule has 0 aromatic rings. The monoisotopic (exact) mass is 640 g/mol. The van der Waals surface area contributed by atoms with Crippen LogP contribution in [0, 0.1) is 0 Å². The normalized spacial score (nSPS) is 31.2. The molecule has 1 rings (SSSR count). The second kappa shape index (κ2) is 14.1. The zero-order valence-corrected chi connectivity index (χ0v) is 32.9. The van der Waals surface area contributed by atoms with Gasteiger partial charge in [-0.2, -0.15) is 0 Å². The minimum absolute atomic E-state index is 0.342. The molecule has 40 heavy (non-hydrogen) atoms. The minimum Gasteiger partial charge on any atom is -0.413 e. The molecule has 1 aliphatic rings. The van der Waals surface area contributed by atoms with Crippen LogP contribution in [0.25, 0.3) is 0 Å². The van der Waals surface area contributed by atoms with Gasteiger partial charge in [0.05, 0.1) is 47.3 Å². The van der Waals surface area contributed by atoms with E-state index in [0.717, 1.165) is 0 Å². The molecule has 0 aliphatic carbocycles. The first-order chi connectivity index (χ1) is 17.9. The molecule has 0 atom stereocenters. The molecule has 0 N–H and O–H groups in total. The van der Waals surface area contributed by atoms with Crippen molar-refractivity contribution in [2.45, 2.75) is 157 Å². The zero-order chi connectivity index (χ0) is 31.3.